The second-order valence-corrected chi connectivity index (χ2v) is 22.7. The molecule has 8 rings (SSSR count). The van der Waals surface area contributed by atoms with Gasteiger partial charge >= 0.3 is 11.9 Å². The van der Waals surface area contributed by atoms with Crippen molar-refractivity contribution in [3.63, 3.8) is 0 Å². The van der Waals surface area contributed by atoms with Crippen LogP contribution in [-0.2, 0) is 38.0 Å². The highest BCUT2D eigenvalue weighted by Crippen LogP contribution is 2.77. The number of fused-ring (bicyclic) bond motifs is 7. The number of carboxylic acid groups (broad SMARTS) is 1. The number of aliphatic hydroxyl groups is 11. The molecule has 0 spiro atoms. The van der Waals surface area contributed by atoms with Crippen LogP contribution < -0.4 is 0 Å². The Balaban J connectivity index is 0.978. The van der Waals surface area contributed by atoms with Gasteiger partial charge in [-0.05, 0) is 129 Å². The molecule has 26 atom stereocenters. The van der Waals surface area contributed by atoms with Gasteiger partial charge in [0.2, 0.25) is 6.29 Å². The average molecular weight is 973 g/mol. The molecule has 8 fully saturated rings. The maximum absolute atomic E-state index is 15.0. The number of hydrogen-bond acceptors (Lipinski definition) is 19. The molecule has 0 radical (unpaired) electrons. The Hall–Kier alpha value is -1.96. The molecule has 12 N–H and O–H groups in total. The first-order valence-corrected chi connectivity index (χ1v) is 24.6. The van der Waals surface area contributed by atoms with Crippen molar-refractivity contribution in [2.75, 3.05) is 19.8 Å². The van der Waals surface area contributed by atoms with Crippen LogP contribution in [0.1, 0.15) is 98.8 Å². The fourth-order valence-corrected chi connectivity index (χ4v) is 15.7. The molecular formula is C48H76O20. The number of rotatable bonds is 11. The van der Waals surface area contributed by atoms with Crippen LogP contribution in [0.5, 0.6) is 0 Å². The van der Waals surface area contributed by atoms with Gasteiger partial charge in [-0.1, -0.05) is 27.4 Å². The van der Waals surface area contributed by atoms with Crippen LogP contribution in [-0.4, -0.2) is 191 Å². The van der Waals surface area contributed by atoms with Crippen molar-refractivity contribution in [2.24, 2.45) is 56.7 Å². The second kappa shape index (κ2) is 18.8. The van der Waals surface area contributed by atoms with Crippen LogP contribution in [0.3, 0.4) is 0 Å². The lowest BCUT2D eigenvalue weighted by Gasteiger charge is -2.72. The molecule has 5 saturated carbocycles. The van der Waals surface area contributed by atoms with Gasteiger partial charge in [0.1, 0.15) is 67.1 Å². The number of carbonyl (C=O) groups excluding carboxylic acids is 1. The summed E-state index contributed by atoms with van der Waals surface area (Å²) in [6.07, 6.45) is -19.7. The summed E-state index contributed by atoms with van der Waals surface area (Å²) in [5.74, 6) is -2.34. The molecule has 0 aromatic carbocycles. The van der Waals surface area contributed by atoms with E-state index in [4.69, 9.17) is 28.4 Å². The molecule has 0 unspecified atom stereocenters. The molecule has 5 aliphatic carbocycles. The fraction of sp³-hybridized carbons (Fsp3) is 0.917. The van der Waals surface area contributed by atoms with E-state index in [9.17, 15) is 70.9 Å². The zero-order valence-corrected chi connectivity index (χ0v) is 39.7. The standard InChI is InChI=1S/C48H76O20/c1-20(17-49)22-9-14-48(16-15-45(4)23(29(22)48)7-8-26-44(3)12-11-28(51)47(6,42(60)61)27(44)10-13-46(26,45)5)43(62)68-41-36(58)33(55)31(53)25(66-41)19-63-39-37(59)34(56)38(24(18-50)65-39)67-40-35(57)32(54)30(52)21(2)64-40/h21-41,49-59H,1,7-19H2,2-6H3,(H,60,61)/t21-,22-,23+,24+,25+,26+,27+,28+,29+,30-,31+,32+,33-,34+,35+,36+,37+,38+,39+,40-,41-,44+,45+,46+,47-,48-/m0/s1. The lowest BCUT2D eigenvalue weighted by Crippen LogP contribution is -2.68. The van der Waals surface area contributed by atoms with E-state index >= 15 is 0 Å². The van der Waals surface area contributed by atoms with E-state index < -0.39 is 134 Å². The predicted molar refractivity (Wildman–Crippen MR) is 232 cm³/mol. The molecule has 0 bridgehead atoms. The van der Waals surface area contributed by atoms with E-state index in [1.54, 1.807) is 6.92 Å². The molecule has 0 aromatic rings. The van der Waals surface area contributed by atoms with Crippen molar-refractivity contribution in [1.29, 1.82) is 0 Å². The molecule has 68 heavy (non-hydrogen) atoms. The van der Waals surface area contributed by atoms with Crippen LogP contribution in [0.15, 0.2) is 12.2 Å². The molecule has 3 heterocycles. The minimum Gasteiger partial charge on any atom is -0.481 e. The second-order valence-electron chi connectivity index (χ2n) is 22.7. The first-order valence-electron chi connectivity index (χ1n) is 24.6. The van der Waals surface area contributed by atoms with Gasteiger partial charge in [-0.2, -0.15) is 0 Å². The van der Waals surface area contributed by atoms with Crippen molar-refractivity contribution in [3.8, 4) is 0 Å². The van der Waals surface area contributed by atoms with Gasteiger partial charge < -0.3 is 89.7 Å². The normalized spacial score (nSPS) is 54.7. The van der Waals surface area contributed by atoms with Gasteiger partial charge in [0, 0.05) is 0 Å². The Bertz CT molecular complexity index is 1870. The number of carboxylic acids is 1. The molecule has 3 aliphatic heterocycles. The molecule has 20 nitrogen and oxygen atoms in total. The average Bonchev–Trinajstić information content (AvgIpc) is 3.71. The van der Waals surface area contributed by atoms with Crippen molar-refractivity contribution in [2.45, 2.75) is 197 Å². The zero-order valence-electron chi connectivity index (χ0n) is 39.7. The van der Waals surface area contributed by atoms with Crippen LogP contribution in [0.2, 0.25) is 0 Å². The molecular weight excluding hydrogens is 897 g/mol. The third-order valence-corrected chi connectivity index (χ3v) is 19.9. The van der Waals surface area contributed by atoms with Gasteiger partial charge in [0.25, 0.3) is 0 Å². The van der Waals surface area contributed by atoms with Crippen LogP contribution in [0, 0.1) is 56.7 Å². The summed E-state index contributed by atoms with van der Waals surface area (Å²) in [6, 6.07) is 0. The summed E-state index contributed by atoms with van der Waals surface area (Å²) < 4.78 is 34.6. The molecule has 8 aliphatic rings. The molecule has 388 valence electrons. The number of carbonyl (C=O) groups is 2. The monoisotopic (exact) mass is 972 g/mol. The smallest absolute Gasteiger partial charge is 0.314 e. The van der Waals surface area contributed by atoms with Crippen LogP contribution >= 0.6 is 0 Å². The number of aliphatic hydroxyl groups excluding tert-OH is 11. The van der Waals surface area contributed by atoms with Crippen LogP contribution in [0.25, 0.3) is 0 Å². The fourth-order valence-electron chi connectivity index (χ4n) is 15.7. The SMILES string of the molecule is C=C(CO)[C@@H]1CC[C@]2(C(=O)O[C@@H]3O[C@H](CO[C@@H]4O[C@H](CO)[C@@H](O[C@@H]5O[C@@H](C)[C@H](O)[C@@H](O)[C@H]5O)[C@H](O)[C@H]4O)[C@@H](O)[C@H](O)[C@H]3O)CC[C@]3(C)[C@H](CC[C@@H]4[C@@]5(C)CC[C@@H](O)[C@@](C)(C(=O)O)[C@@H]5CC[C@]43C)[C@@H]12. The lowest BCUT2D eigenvalue weighted by molar-refractivity contribution is -0.361. The highest BCUT2D eigenvalue weighted by molar-refractivity contribution is 5.79. The van der Waals surface area contributed by atoms with Gasteiger partial charge in [-0.3, -0.25) is 9.59 Å². The van der Waals surface area contributed by atoms with E-state index in [0.29, 0.717) is 50.5 Å². The minimum atomic E-state index is -1.90. The summed E-state index contributed by atoms with van der Waals surface area (Å²) >= 11 is 0. The first-order chi connectivity index (χ1) is 31.9. The van der Waals surface area contributed by atoms with E-state index in [-0.39, 0.29) is 52.4 Å². The van der Waals surface area contributed by atoms with Gasteiger partial charge in [-0.25, -0.2) is 0 Å². The van der Waals surface area contributed by atoms with Crippen molar-refractivity contribution in [1.82, 2.24) is 0 Å². The maximum atomic E-state index is 15.0. The maximum Gasteiger partial charge on any atom is 0.314 e. The third kappa shape index (κ3) is 7.85. The van der Waals surface area contributed by atoms with Gasteiger partial charge in [-0.15, -0.1) is 0 Å². The zero-order chi connectivity index (χ0) is 49.8. The summed E-state index contributed by atoms with van der Waals surface area (Å²) in [4.78, 5) is 27.9. The van der Waals surface area contributed by atoms with Gasteiger partial charge in [0.05, 0.1) is 42.9 Å². The molecule has 0 amide bonds. The molecule has 0 aromatic heterocycles. The van der Waals surface area contributed by atoms with E-state index in [1.807, 2.05) is 0 Å². The number of aliphatic carboxylic acids is 1. The quantitative estimate of drug-likeness (QED) is 0.0878. The lowest BCUT2D eigenvalue weighted by atomic mass is 9.32. The highest BCUT2D eigenvalue weighted by atomic mass is 16.8. The summed E-state index contributed by atoms with van der Waals surface area (Å²) in [5, 5.41) is 129. The Morgan fingerprint density at radius 3 is 1.96 bits per heavy atom. The number of ether oxygens (including phenoxy) is 6. The Labute approximate surface area is 396 Å². The van der Waals surface area contributed by atoms with E-state index in [2.05, 4.69) is 27.4 Å². The largest absolute Gasteiger partial charge is 0.481 e. The number of hydrogen-bond donors (Lipinski definition) is 12. The first kappa shape index (κ1) is 52.4. The van der Waals surface area contributed by atoms with Gasteiger partial charge in [0.15, 0.2) is 12.6 Å². The summed E-state index contributed by atoms with van der Waals surface area (Å²) in [7, 11) is 0. The van der Waals surface area contributed by atoms with Crippen LogP contribution in [0.4, 0.5) is 0 Å². The number of esters is 1. The van der Waals surface area contributed by atoms with Crippen molar-refractivity contribution in [3.05, 3.63) is 12.2 Å². The summed E-state index contributed by atoms with van der Waals surface area (Å²) in [5.41, 5.74) is -2.73. The summed E-state index contributed by atoms with van der Waals surface area (Å²) in [6.45, 7) is 12.5. The third-order valence-electron chi connectivity index (χ3n) is 19.9. The Morgan fingerprint density at radius 2 is 1.29 bits per heavy atom. The topological polar surface area (TPSA) is 332 Å². The van der Waals surface area contributed by atoms with Crippen molar-refractivity contribution < 1.29 is 99.3 Å². The van der Waals surface area contributed by atoms with E-state index in [1.165, 1.54) is 6.92 Å². The highest BCUT2D eigenvalue weighted by Gasteiger charge is 2.73. The van der Waals surface area contributed by atoms with Crippen molar-refractivity contribution >= 4 is 11.9 Å². The predicted octanol–water partition coefficient (Wildman–Crippen LogP) is -0.939. The molecule has 20 heteroatoms. The Kier molecular flexibility index (Phi) is 14.5. The molecule has 3 saturated heterocycles. The minimum absolute atomic E-state index is 0.0416. The van der Waals surface area contributed by atoms with E-state index in [0.717, 1.165) is 19.3 Å². The Morgan fingerprint density at radius 1 is 0.647 bits per heavy atom.